The van der Waals surface area contributed by atoms with Gasteiger partial charge in [-0.15, -0.1) is 0 Å². The Morgan fingerprint density at radius 2 is 1.59 bits per heavy atom. The Morgan fingerprint density at radius 1 is 1.00 bits per heavy atom. The molecule has 2 aromatic carbocycles. The minimum atomic E-state index is -0.0312. The minimum absolute atomic E-state index is 0.0312. The largest absolute Gasteiger partial charge is 0.342 e. The van der Waals surface area contributed by atoms with E-state index < -0.39 is 0 Å². The van der Waals surface area contributed by atoms with Crippen LogP contribution in [0.25, 0.3) is 0 Å². The number of nitrogens with zero attached hydrogens (tertiary/aromatic N) is 2. The molecule has 0 spiro atoms. The molecule has 0 aliphatic carbocycles. The van der Waals surface area contributed by atoms with Gasteiger partial charge in [-0.1, -0.05) is 48.5 Å². The molecular weight excluding hydrogens is 338 g/mol. The second-order valence-electron chi connectivity index (χ2n) is 7.17. The first kappa shape index (κ1) is 19.1. The van der Waals surface area contributed by atoms with Gasteiger partial charge in [-0.2, -0.15) is 0 Å². The van der Waals surface area contributed by atoms with E-state index in [4.69, 9.17) is 0 Å². The van der Waals surface area contributed by atoms with E-state index in [9.17, 15) is 9.59 Å². The Labute approximate surface area is 161 Å². The summed E-state index contributed by atoms with van der Waals surface area (Å²) in [5, 5.41) is 2.96. The van der Waals surface area contributed by atoms with Gasteiger partial charge in [0.15, 0.2) is 0 Å². The summed E-state index contributed by atoms with van der Waals surface area (Å²) in [5.74, 6) is 0.154. The van der Waals surface area contributed by atoms with Crippen LogP contribution in [0.2, 0.25) is 0 Å². The monoisotopic (exact) mass is 365 g/mol. The number of benzene rings is 2. The molecule has 1 N–H and O–H groups in total. The van der Waals surface area contributed by atoms with Crippen molar-refractivity contribution in [3.63, 3.8) is 0 Å². The molecule has 0 atom stereocenters. The number of rotatable bonds is 6. The third-order valence-corrected chi connectivity index (χ3v) is 4.96. The average Bonchev–Trinajstić information content (AvgIpc) is 2.69. The fourth-order valence-electron chi connectivity index (χ4n) is 3.44. The van der Waals surface area contributed by atoms with Crippen LogP contribution in [0.3, 0.4) is 0 Å². The van der Waals surface area contributed by atoms with E-state index in [1.807, 2.05) is 65.4 Å². The molecule has 5 nitrogen and oxygen atoms in total. The number of likely N-dealkylation sites (tertiary alicyclic amines) is 1. The highest BCUT2D eigenvalue weighted by Crippen LogP contribution is 2.20. The van der Waals surface area contributed by atoms with Crippen LogP contribution < -0.4 is 5.32 Å². The van der Waals surface area contributed by atoms with Gasteiger partial charge >= 0.3 is 0 Å². The third kappa shape index (κ3) is 5.66. The number of amides is 2. The second kappa shape index (κ2) is 9.33. The van der Waals surface area contributed by atoms with E-state index in [1.165, 1.54) is 5.56 Å². The predicted octanol–water partition coefficient (Wildman–Crippen LogP) is 3.00. The van der Waals surface area contributed by atoms with Gasteiger partial charge < -0.3 is 10.2 Å². The molecule has 1 saturated heterocycles. The second-order valence-corrected chi connectivity index (χ2v) is 7.17. The number of hydrogen-bond acceptors (Lipinski definition) is 3. The Balaban J connectivity index is 1.43. The molecule has 0 aromatic heterocycles. The quantitative estimate of drug-likeness (QED) is 0.856. The van der Waals surface area contributed by atoms with Crippen molar-refractivity contribution in [3.8, 4) is 0 Å². The molecule has 0 bridgehead atoms. The highest BCUT2D eigenvalue weighted by molar-refractivity contribution is 5.92. The fraction of sp³-hybridized carbons (Fsp3) is 0.364. The number of nitrogens with one attached hydrogen (secondary N) is 1. The van der Waals surface area contributed by atoms with E-state index in [-0.39, 0.29) is 17.7 Å². The number of carbonyl (C=O) groups excluding carboxylic acids is 2. The van der Waals surface area contributed by atoms with E-state index in [0.29, 0.717) is 32.5 Å². The fourth-order valence-corrected chi connectivity index (χ4v) is 3.44. The van der Waals surface area contributed by atoms with Gasteiger partial charge in [0.1, 0.15) is 0 Å². The molecule has 27 heavy (non-hydrogen) atoms. The Morgan fingerprint density at radius 3 is 2.22 bits per heavy atom. The maximum Gasteiger partial charge on any atom is 0.236 e. The predicted molar refractivity (Wildman–Crippen MR) is 107 cm³/mol. The van der Waals surface area contributed by atoms with Gasteiger partial charge in [0.25, 0.3) is 0 Å². The maximum atomic E-state index is 12.5. The molecule has 1 aliphatic heterocycles. The lowest BCUT2D eigenvalue weighted by Gasteiger charge is -2.32. The van der Waals surface area contributed by atoms with E-state index in [2.05, 4.69) is 17.4 Å². The van der Waals surface area contributed by atoms with Crippen LogP contribution >= 0.6 is 0 Å². The van der Waals surface area contributed by atoms with Crippen LogP contribution in [0.15, 0.2) is 60.7 Å². The zero-order valence-corrected chi connectivity index (χ0v) is 15.8. The van der Waals surface area contributed by atoms with Crippen molar-refractivity contribution < 1.29 is 9.59 Å². The summed E-state index contributed by atoms with van der Waals surface area (Å²) in [6.07, 6.45) is 1.43. The summed E-state index contributed by atoms with van der Waals surface area (Å²) in [6, 6.07) is 19.7. The summed E-state index contributed by atoms with van der Waals surface area (Å²) in [5.41, 5.74) is 2.02. The SMILES string of the molecule is CN(CC(=O)N1CCC(C(=O)Nc2ccccc2)CC1)Cc1ccccc1. The first-order chi connectivity index (χ1) is 13.1. The smallest absolute Gasteiger partial charge is 0.236 e. The Bertz CT molecular complexity index is 741. The van der Waals surface area contributed by atoms with Crippen LogP contribution in [0.1, 0.15) is 18.4 Å². The van der Waals surface area contributed by atoms with Crippen LogP contribution in [0, 0.1) is 5.92 Å². The van der Waals surface area contributed by atoms with Crippen molar-refractivity contribution in [1.29, 1.82) is 0 Å². The lowest BCUT2D eigenvalue weighted by atomic mass is 9.95. The molecule has 0 saturated carbocycles. The standard InChI is InChI=1S/C22H27N3O2/c1-24(16-18-8-4-2-5-9-18)17-21(26)25-14-12-19(13-15-25)22(27)23-20-10-6-3-7-11-20/h2-11,19H,12-17H2,1H3,(H,23,27). The highest BCUT2D eigenvalue weighted by Gasteiger charge is 2.27. The van der Waals surface area contributed by atoms with Crippen LogP contribution in [0.5, 0.6) is 0 Å². The van der Waals surface area contributed by atoms with E-state index >= 15 is 0 Å². The molecule has 2 aromatic rings. The number of piperidine rings is 1. The van der Waals surface area contributed by atoms with Crippen LogP contribution in [-0.2, 0) is 16.1 Å². The Hall–Kier alpha value is -2.66. The van der Waals surface area contributed by atoms with Crippen molar-refractivity contribution in [2.45, 2.75) is 19.4 Å². The molecule has 1 fully saturated rings. The summed E-state index contributed by atoms with van der Waals surface area (Å²) in [4.78, 5) is 28.9. The number of carbonyl (C=O) groups is 2. The van der Waals surface area contributed by atoms with E-state index in [0.717, 1.165) is 12.2 Å². The summed E-state index contributed by atoms with van der Waals surface area (Å²) in [6.45, 7) is 2.44. The zero-order chi connectivity index (χ0) is 19.1. The molecule has 1 heterocycles. The van der Waals surface area contributed by atoms with Gasteiger partial charge in [0, 0.05) is 31.2 Å². The Kier molecular flexibility index (Phi) is 6.60. The van der Waals surface area contributed by atoms with E-state index in [1.54, 1.807) is 0 Å². The molecule has 0 unspecified atom stereocenters. The van der Waals surface area contributed by atoms with Crippen molar-refractivity contribution in [2.24, 2.45) is 5.92 Å². The molecule has 2 amide bonds. The van der Waals surface area contributed by atoms with Crippen molar-refractivity contribution in [1.82, 2.24) is 9.80 Å². The van der Waals surface area contributed by atoms with Gasteiger partial charge in [0.2, 0.25) is 11.8 Å². The molecule has 3 rings (SSSR count). The number of likely N-dealkylation sites (N-methyl/N-ethyl adjacent to an activating group) is 1. The molecule has 142 valence electrons. The van der Waals surface area contributed by atoms with Gasteiger partial charge in [0.05, 0.1) is 6.54 Å². The zero-order valence-electron chi connectivity index (χ0n) is 15.8. The topological polar surface area (TPSA) is 52.7 Å². The summed E-state index contributed by atoms with van der Waals surface area (Å²) >= 11 is 0. The minimum Gasteiger partial charge on any atom is -0.342 e. The highest BCUT2D eigenvalue weighted by atomic mass is 16.2. The number of para-hydroxylation sites is 1. The van der Waals surface area contributed by atoms with Crippen molar-refractivity contribution in [3.05, 3.63) is 66.2 Å². The van der Waals surface area contributed by atoms with Gasteiger partial charge in [-0.25, -0.2) is 0 Å². The van der Waals surface area contributed by atoms with Gasteiger partial charge in [-0.3, -0.25) is 14.5 Å². The van der Waals surface area contributed by atoms with Gasteiger partial charge in [-0.05, 0) is 37.6 Å². The van der Waals surface area contributed by atoms with Crippen molar-refractivity contribution >= 4 is 17.5 Å². The summed E-state index contributed by atoms with van der Waals surface area (Å²) in [7, 11) is 1.96. The molecule has 5 heteroatoms. The first-order valence-electron chi connectivity index (χ1n) is 9.48. The lowest BCUT2D eigenvalue weighted by molar-refractivity contribution is -0.135. The first-order valence-corrected chi connectivity index (χ1v) is 9.48. The molecule has 0 radical (unpaired) electrons. The number of hydrogen-bond donors (Lipinski definition) is 1. The molecular formula is C22H27N3O2. The summed E-state index contributed by atoms with van der Waals surface area (Å²) < 4.78 is 0. The maximum absolute atomic E-state index is 12.5. The third-order valence-electron chi connectivity index (χ3n) is 4.96. The van der Waals surface area contributed by atoms with Crippen molar-refractivity contribution in [2.75, 3.05) is 32.0 Å². The lowest BCUT2D eigenvalue weighted by Crippen LogP contribution is -2.45. The average molecular weight is 365 g/mol. The van der Waals surface area contributed by atoms with Crippen LogP contribution in [-0.4, -0.2) is 48.3 Å². The number of anilines is 1. The normalized spacial score (nSPS) is 15.0. The molecule has 1 aliphatic rings. The van der Waals surface area contributed by atoms with Crippen LogP contribution in [0.4, 0.5) is 5.69 Å².